The third-order valence-corrected chi connectivity index (χ3v) is 5.44. The van der Waals surface area contributed by atoms with Crippen LogP contribution in [-0.4, -0.2) is 65.9 Å². The van der Waals surface area contributed by atoms with E-state index >= 15 is 0 Å². The Hall–Kier alpha value is -1.77. The standard InChI is InChI=1S/C20H27N5O.HI/c1-14-4-3-5-17-15(12-23-19(14)17)8-9-22-20(21-2)24-10-11-25(16-6-7-16)18(26)13-24;/h3-5,12,16,23H,6-11,13H2,1-2H3,(H,21,22);1H. The van der Waals surface area contributed by atoms with Gasteiger partial charge in [0.15, 0.2) is 5.96 Å². The Kier molecular flexibility index (Phi) is 6.29. The van der Waals surface area contributed by atoms with E-state index in [4.69, 9.17) is 0 Å². The fourth-order valence-corrected chi connectivity index (χ4v) is 3.85. The van der Waals surface area contributed by atoms with Crippen LogP contribution in [0.2, 0.25) is 0 Å². The Balaban J connectivity index is 0.00000210. The van der Waals surface area contributed by atoms with Crippen LogP contribution < -0.4 is 5.32 Å². The van der Waals surface area contributed by atoms with Crippen molar-refractivity contribution in [2.75, 3.05) is 33.2 Å². The molecule has 4 rings (SSSR count). The molecule has 7 heteroatoms. The highest BCUT2D eigenvalue weighted by molar-refractivity contribution is 14.0. The highest BCUT2D eigenvalue weighted by Gasteiger charge is 2.36. The highest BCUT2D eigenvalue weighted by Crippen LogP contribution is 2.28. The molecule has 0 spiro atoms. The van der Waals surface area contributed by atoms with Crippen LogP contribution >= 0.6 is 24.0 Å². The van der Waals surface area contributed by atoms with Crippen LogP contribution in [0.4, 0.5) is 0 Å². The molecule has 1 aromatic heterocycles. The first-order chi connectivity index (χ1) is 12.7. The molecule has 1 amide bonds. The minimum Gasteiger partial charge on any atom is -0.361 e. The Morgan fingerprint density at radius 2 is 2.15 bits per heavy atom. The quantitative estimate of drug-likeness (QED) is 0.401. The zero-order valence-electron chi connectivity index (χ0n) is 16.0. The number of para-hydroxylation sites is 1. The number of hydrogen-bond acceptors (Lipinski definition) is 2. The number of guanidine groups is 1. The number of hydrogen-bond donors (Lipinski definition) is 2. The van der Waals surface area contributed by atoms with Crippen LogP contribution in [0.1, 0.15) is 24.0 Å². The largest absolute Gasteiger partial charge is 0.361 e. The summed E-state index contributed by atoms with van der Waals surface area (Å²) in [5.41, 5.74) is 3.79. The van der Waals surface area contributed by atoms with Gasteiger partial charge in [-0.3, -0.25) is 9.79 Å². The second kappa shape index (κ2) is 8.50. The maximum absolute atomic E-state index is 12.3. The number of aromatic nitrogens is 1. The molecule has 1 aromatic carbocycles. The summed E-state index contributed by atoms with van der Waals surface area (Å²) >= 11 is 0. The molecular weight excluding hydrogens is 453 g/mol. The number of carbonyl (C=O) groups excluding carboxylic acids is 1. The monoisotopic (exact) mass is 481 g/mol. The van der Waals surface area contributed by atoms with Crippen LogP contribution in [0.5, 0.6) is 0 Å². The highest BCUT2D eigenvalue weighted by atomic mass is 127. The lowest BCUT2D eigenvalue weighted by atomic mass is 10.1. The lowest BCUT2D eigenvalue weighted by molar-refractivity contribution is -0.135. The van der Waals surface area contributed by atoms with Gasteiger partial charge in [0.2, 0.25) is 5.91 Å². The van der Waals surface area contributed by atoms with Crippen molar-refractivity contribution in [1.29, 1.82) is 0 Å². The number of nitrogens with zero attached hydrogens (tertiary/aromatic N) is 3. The summed E-state index contributed by atoms with van der Waals surface area (Å²) in [4.78, 5) is 24.2. The molecule has 2 aliphatic rings. The maximum Gasteiger partial charge on any atom is 0.242 e. The second-order valence-corrected chi connectivity index (χ2v) is 7.28. The van der Waals surface area contributed by atoms with Crippen molar-refractivity contribution in [3.63, 3.8) is 0 Å². The third-order valence-electron chi connectivity index (χ3n) is 5.44. The number of amides is 1. The molecule has 2 aromatic rings. The van der Waals surface area contributed by atoms with Gasteiger partial charge in [-0.2, -0.15) is 0 Å². The van der Waals surface area contributed by atoms with Gasteiger partial charge in [-0.25, -0.2) is 0 Å². The first-order valence-electron chi connectivity index (χ1n) is 9.48. The van der Waals surface area contributed by atoms with Gasteiger partial charge in [0, 0.05) is 49.8 Å². The SMILES string of the molecule is CN=C(NCCc1c[nH]c2c(C)cccc12)N1CCN(C2CC2)C(=O)C1.I. The number of rotatable bonds is 4. The van der Waals surface area contributed by atoms with Gasteiger partial charge >= 0.3 is 0 Å². The number of benzene rings is 1. The van der Waals surface area contributed by atoms with Crippen molar-refractivity contribution in [2.24, 2.45) is 4.99 Å². The first-order valence-corrected chi connectivity index (χ1v) is 9.48. The molecule has 0 atom stereocenters. The normalized spacial score (nSPS) is 18.0. The Morgan fingerprint density at radius 3 is 2.85 bits per heavy atom. The minimum absolute atomic E-state index is 0. The number of fused-ring (bicyclic) bond motifs is 1. The Bertz CT molecular complexity index is 842. The summed E-state index contributed by atoms with van der Waals surface area (Å²) in [5, 5.41) is 4.72. The number of halogens is 1. The van der Waals surface area contributed by atoms with E-state index in [0.717, 1.165) is 32.0 Å². The van der Waals surface area contributed by atoms with Crippen molar-refractivity contribution in [3.8, 4) is 0 Å². The summed E-state index contributed by atoms with van der Waals surface area (Å²) < 4.78 is 0. The van der Waals surface area contributed by atoms with E-state index in [-0.39, 0.29) is 29.9 Å². The molecule has 1 aliphatic heterocycles. The van der Waals surface area contributed by atoms with Gasteiger partial charge in [0.05, 0.1) is 6.54 Å². The molecule has 2 heterocycles. The molecule has 1 saturated heterocycles. The number of piperazine rings is 1. The average molecular weight is 481 g/mol. The number of aliphatic imine (C=N–C) groups is 1. The Labute approximate surface area is 177 Å². The topological polar surface area (TPSA) is 63.7 Å². The number of nitrogens with one attached hydrogen (secondary N) is 2. The van der Waals surface area contributed by atoms with Gasteiger partial charge in [-0.1, -0.05) is 18.2 Å². The number of aromatic amines is 1. The van der Waals surface area contributed by atoms with E-state index in [1.807, 2.05) is 4.90 Å². The van der Waals surface area contributed by atoms with Crippen LogP contribution in [0.15, 0.2) is 29.4 Å². The zero-order chi connectivity index (χ0) is 18.1. The predicted octanol–water partition coefficient (Wildman–Crippen LogP) is 2.52. The summed E-state index contributed by atoms with van der Waals surface area (Å²) in [7, 11) is 1.79. The lowest BCUT2D eigenvalue weighted by Gasteiger charge is -2.36. The summed E-state index contributed by atoms with van der Waals surface area (Å²) in [6.45, 7) is 5.02. The summed E-state index contributed by atoms with van der Waals surface area (Å²) in [6.07, 6.45) is 5.35. The molecule has 27 heavy (non-hydrogen) atoms. The van der Waals surface area contributed by atoms with Crippen molar-refractivity contribution in [1.82, 2.24) is 20.1 Å². The fourth-order valence-electron chi connectivity index (χ4n) is 3.85. The van der Waals surface area contributed by atoms with E-state index in [9.17, 15) is 4.79 Å². The molecule has 2 fully saturated rings. The van der Waals surface area contributed by atoms with Crippen molar-refractivity contribution in [3.05, 3.63) is 35.5 Å². The molecule has 0 radical (unpaired) electrons. The van der Waals surface area contributed by atoms with E-state index in [2.05, 4.69) is 51.5 Å². The number of aryl methyl sites for hydroxylation is 1. The number of carbonyl (C=O) groups is 1. The molecule has 1 saturated carbocycles. The minimum atomic E-state index is 0. The van der Waals surface area contributed by atoms with E-state index in [1.165, 1.54) is 34.9 Å². The van der Waals surface area contributed by atoms with Crippen molar-refractivity contribution >= 4 is 46.7 Å². The smallest absolute Gasteiger partial charge is 0.242 e. The van der Waals surface area contributed by atoms with E-state index in [1.54, 1.807) is 7.05 Å². The van der Waals surface area contributed by atoms with Gasteiger partial charge < -0.3 is 20.1 Å². The van der Waals surface area contributed by atoms with Gasteiger partial charge in [0.1, 0.15) is 0 Å². The molecule has 6 nitrogen and oxygen atoms in total. The van der Waals surface area contributed by atoms with Crippen LogP contribution in [0, 0.1) is 6.92 Å². The molecule has 146 valence electrons. The van der Waals surface area contributed by atoms with Gasteiger partial charge in [-0.15, -0.1) is 24.0 Å². The molecular formula is C20H28IN5O. The van der Waals surface area contributed by atoms with Crippen molar-refractivity contribution < 1.29 is 4.79 Å². The second-order valence-electron chi connectivity index (χ2n) is 7.28. The van der Waals surface area contributed by atoms with Crippen LogP contribution in [0.3, 0.4) is 0 Å². The van der Waals surface area contributed by atoms with Crippen molar-refractivity contribution in [2.45, 2.75) is 32.2 Å². The van der Waals surface area contributed by atoms with Gasteiger partial charge in [0.25, 0.3) is 0 Å². The van der Waals surface area contributed by atoms with Gasteiger partial charge in [-0.05, 0) is 37.3 Å². The molecule has 1 aliphatic carbocycles. The molecule has 0 unspecified atom stereocenters. The molecule has 2 N–H and O–H groups in total. The average Bonchev–Trinajstić information content (AvgIpc) is 3.39. The first kappa shape index (κ1) is 20.0. The maximum atomic E-state index is 12.3. The summed E-state index contributed by atoms with van der Waals surface area (Å²) in [5.74, 6) is 1.05. The zero-order valence-corrected chi connectivity index (χ0v) is 18.3. The number of H-pyrrole nitrogens is 1. The van der Waals surface area contributed by atoms with Crippen LogP contribution in [0.25, 0.3) is 10.9 Å². The summed E-state index contributed by atoms with van der Waals surface area (Å²) in [6, 6.07) is 6.90. The predicted molar refractivity (Wildman–Crippen MR) is 120 cm³/mol. The van der Waals surface area contributed by atoms with E-state index < -0.39 is 0 Å². The fraction of sp³-hybridized carbons (Fsp3) is 0.500. The van der Waals surface area contributed by atoms with Crippen LogP contribution in [-0.2, 0) is 11.2 Å². The Morgan fingerprint density at radius 1 is 1.33 bits per heavy atom. The molecule has 0 bridgehead atoms. The lowest BCUT2D eigenvalue weighted by Crippen LogP contribution is -2.55. The third kappa shape index (κ3) is 4.23. The van der Waals surface area contributed by atoms with E-state index in [0.29, 0.717) is 12.6 Å².